The number of aromatic nitrogens is 1. The molecular weight excluding hydrogens is 142 g/mol. The van der Waals surface area contributed by atoms with E-state index in [1.807, 2.05) is 18.3 Å². The van der Waals surface area contributed by atoms with Crippen molar-refractivity contribution < 1.29 is 0 Å². The highest BCUT2D eigenvalue weighted by atomic mass is 32.1. The van der Waals surface area contributed by atoms with Gasteiger partial charge in [0.05, 0.1) is 0 Å². The maximum atomic E-state index is 4.99. The number of pyridine rings is 1. The maximum Gasteiger partial charge on any atom is 0.0408 e. The minimum absolute atomic E-state index is 0.919. The van der Waals surface area contributed by atoms with E-state index in [2.05, 4.69) is 11.9 Å². The van der Waals surface area contributed by atoms with Crippen molar-refractivity contribution in [2.24, 2.45) is 0 Å². The molecular formula is C8H11NS. The van der Waals surface area contributed by atoms with E-state index in [0.29, 0.717) is 0 Å². The van der Waals surface area contributed by atoms with E-state index in [1.165, 1.54) is 5.69 Å². The van der Waals surface area contributed by atoms with Crippen molar-refractivity contribution >= 4 is 12.2 Å². The van der Waals surface area contributed by atoms with Crippen molar-refractivity contribution in [3.05, 3.63) is 28.5 Å². The molecule has 0 radical (unpaired) electrons. The SMILES string of the molecule is CCCc1cc(=S)cc[nH]1. The minimum Gasteiger partial charge on any atom is -0.365 e. The van der Waals surface area contributed by atoms with Crippen LogP contribution < -0.4 is 0 Å². The molecule has 1 rings (SSSR count). The van der Waals surface area contributed by atoms with Crippen LogP contribution in [-0.2, 0) is 6.42 Å². The summed E-state index contributed by atoms with van der Waals surface area (Å²) in [5.74, 6) is 0. The van der Waals surface area contributed by atoms with Gasteiger partial charge in [-0.2, -0.15) is 0 Å². The van der Waals surface area contributed by atoms with Crippen LogP contribution in [0.15, 0.2) is 18.3 Å². The Bertz CT molecular complexity index is 251. The van der Waals surface area contributed by atoms with Crippen molar-refractivity contribution in [1.82, 2.24) is 4.98 Å². The molecule has 0 aliphatic carbocycles. The van der Waals surface area contributed by atoms with Crippen molar-refractivity contribution in [2.45, 2.75) is 19.8 Å². The molecule has 2 heteroatoms. The van der Waals surface area contributed by atoms with Crippen LogP contribution in [0.2, 0.25) is 0 Å². The summed E-state index contributed by atoms with van der Waals surface area (Å²) in [4.78, 5) is 3.14. The molecule has 0 atom stereocenters. The zero-order valence-electron chi connectivity index (χ0n) is 6.05. The summed E-state index contributed by atoms with van der Waals surface area (Å²) >= 11 is 4.99. The Morgan fingerprint density at radius 3 is 3.00 bits per heavy atom. The lowest BCUT2D eigenvalue weighted by atomic mass is 10.2. The second-order valence-electron chi connectivity index (χ2n) is 2.30. The summed E-state index contributed by atoms with van der Waals surface area (Å²) in [6, 6.07) is 3.91. The number of aromatic amines is 1. The second kappa shape index (κ2) is 3.52. The Morgan fingerprint density at radius 1 is 1.60 bits per heavy atom. The van der Waals surface area contributed by atoms with Gasteiger partial charge in [0, 0.05) is 16.4 Å². The van der Waals surface area contributed by atoms with Crippen LogP contribution in [0.4, 0.5) is 0 Å². The Labute approximate surface area is 66.1 Å². The average molecular weight is 153 g/mol. The van der Waals surface area contributed by atoms with Crippen molar-refractivity contribution in [2.75, 3.05) is 0 Å². The van der Waals surface area contributed by atoms with Crippen LogP contribution in [0, 0.1) is 4.51 Å². The van der Waals surface area contributed by atoms with Gasteiger partial charge in [0.1, 0.15) is 0 Å². The van der Waals surface area contributed by atoms with Gasteiger partial charge in [0.2, 0.25) is 0 Å². The van der Waals surface area contributed by atoms with Crippen LogP contribution in [0.1, 0.15) is 19.0 Å². The molecule has 1 aromatic rings. The van der Waals surface area contributed by atoms with Crippen LogP contribution >= 0.6 is 12.2 Å². The molecule has 0 amide bonds. The van der Waals surface area contributed by atoms with Gasteiger partial charge in [0.25, 0.3) is 0 Å². The average Bonchev–Trinajstić information content (AvgIpc) is 1.88. The third kappa shape index (κ3) is 1.95. The van der Waals surface area contributed by atoms with Gasteiger partial charge in [-0.05, 0) is 18.6 Å². The lowest BCUT2D eigenvalue weighted by molar-refractivity contribution is 0.882. The minimum atomic E-state index is 0.919. The van der Waals surface area contributed by atoms with Gasteiger partial charge in [-0.25, -0.2) is 0 Å². The summed E-state index contributed by atoms with van der Waals surface area (Å²) in [6.45, 7) is 2.16. The summed E-state index contributed by atoms with van der Waals surface area (Å²) in [7, 11) is 0. The molecule has 54 valence electrons. The molecule has 1 nitrogen and oxygen atoms in total. The quantitative estimate of drug-likeness (QED) is 0.646. The van der Waals surface area contributed by atoms with E-state index >= 15 is 0 Å². The molecule has 0 saturated heterocycles. The fourth-order valence-corrected chi connectivity index (χ4v) is 1.12. The molecule has 0 aromatic carbocycles. The lowest BCUT2D eigenvalue weighted by Gasteiger charge is -1.95. The molecule has 1 N–H and O–H groups in total. The lowest BCUT2D eigenvalue weighted by Crippen LogP contribution is -1.86. The molecule has 0 bridgehead atoms. The summed E-state index contributed by atoms with van der Waals surface area (Å²) in [5.41, 5.74) is 1.23. The van der Waals surface area contributed by atoms with Crippen molar-refractivity contribution in [3.63, 3.8) is 0 Å². The maximum absolute atomic E-state index is 4.99. The topological polar surface area (TPSA) is 15.8 Å². The van der Waals surface area contributed by atoms with Gasteiger partial charge in [-0.1, -0.05) is 25.6 Å². The number of nitrogens with one attached hydrogen (secondary N) is 1. The monoisotopic (exact) mass is 153 g/mol. The van der Waals surface area contributed by atoms with E-state index in [1.54, 1.807) is 0 Å². The van der Waals surface area contributed by atoms with Crippen molar-refractivity contribution in [1.29, 1.82) is 0 Å². The predicted molar refractivity (Wildman–Crippen MR) is 45.6 cm³/mol. The standard InChI is InChI=1S/C8H11NS/c1-2-3-7-6-8(10)4-5-9-7/h4-6H,2-3H2,1H3,(H,9,10). The molecule has 0 aliphatic heterocycles. The predicted octanol–water partition coefficient (Wildman–Crippen LogP) is 2.70. The van der Waals surface area contributed by atoms with Crippen LogP contribution in [0.5, 0.6) is 0 Å². The molecule has 1 aromatic heterocycles. The number of rotatable bonds is 2. The highest BCUT2D eigenvalue weighted by Gasteiger charge is 1.87. The molecule has 0 unspecified atom stereocenters. The first-order chi connectivity index (χ1) is 4.83. The summed E-state index contributed by atoms with van der Waals surface area (Å²) in [5, 5.41) is 0. The van der Waals surface area contributed by atoms with Gasteiger partial charge in [-0.3, -0.25) is 0 Å². The van der Waals surface area contributed by atoms with E-state index in [4.69, 9.17) is 12.2 Å². The number of aryl methyl sites for hydroxylation is 1. The Kier molecular flexibility index (Phi) is 2.63. The van der Waals surface area contributed by atoms with E-state index in [0.717, 1.165) is 17.4 Å². The van der Waals surface area contributed by atoms with Crippen LogP contribution in [0.25, 0.3) is 0 Å². The summed E-state index contributed by atoms with van der Waals surface area (Å²) in [6.07, 6.45) is 4.15. The molecule has 1 heterocycles. The Balaban J connectivity index is 2.85. The Morgan fingerprint density at radius 2 is 2.40 bits per heavy atom. The van der Waals surface area contributed by atoms with Gasteiger partial charge >= 0.3 is 0 Å². The molecule has 0 spiro atoms. The molecule has 0 fully saturated rings. The highest BCUT2D eigenvalue weighted by Crippen LogP contribution is 1.98. The third-order valence-electron chi connectivity index (χ3n) is 1.35. The van der Waals surface area contributed by atoms with Crippen molar-refractivity contribution in [3.8, 4) is 0 Å². The first-order valence-corrected chi connectivity index (χ1v) is 3.91. The fraction of sp³-hybridized carbons (Fsp3) is 0.375. The van der Waals surface area contributed by atoms with Gasteiger partial charge in [-0.15, -0.1) is 0 Å². The number of hydrogen-bond acceptors (Lipinski definition) is 1. The number of hydrogen-bond donors (Lipinski definition) is 1. The Hall–Kier alpha value is -0.630. The zero-order valence-corrected chi connectivity index (χ0v) is 6.87. The first kappa shape index (κ1) is 7.48. The molecule has 10 heavy (non-hydrogen) atoms. The van der Waals surface area contributed by atoms with E-state index in [9.17, 15) is 0 Å². The number of H-pyrrole nitrogens is 1. The van der Waals surface area contributed by atoms with Gasteiger partial charge < -0.3 is 4.98 Å². The fourth-order valence-electron chi connectivity index (χ4n) is 0.906. The summed E-state index contributed by atoms with van der Waals surface area (Å²) < 4.78 is 0.919. The van der Waals surface area contributed by atoms with Crippen LogP contribution in [-0.4, -0.2) is 4.98 Å². The van der Waals surface area contributed by atoms with Crippen LogP contribution in [0.3, 0.4) is 0 Å². The van der Waals surface area contributed by atoms with E-state index < -0.39 is 0 Å². The first-order valence-electron chi connectivity index (χ1n) is 3.50. The second-order valence-corrected chi connectivity index (χ2v) is 2.77. The highest BCUT2D eigenvalue weighted by molar-refractivity contribution is 7.71. The zero-order chi connectivity index (χ0) is 7.40. The molecule has 0 saturated carbocycles. The third-order valence-corrected chi connectivity index (χ3v) is 1.61. The van der Waals surface area contributed by atoms with Gasteiger partial charge in [0.15, 0.2) is 0 Å². The molecule has 0 aliphatic rings. The largest absolute Gasteiger partial charge is 0.365 e. The smallest absolute Gasteiger partial charge is 0.0408 e. The van der Waals surface area contributed by atoms with E-state index in [-0.39, 0.29) is 0 Å². The normalized spacial score (nSPS) is 9.70.